The van der Waals surface area contributed by atoms with Crippen LogP contribution in [0.1, 0.15) is 52.7 Å². The molecule has 0 radical (unpaired) electrons. The molecule has 0 fully saturated rings. The van der Waals surface area contributed by atoms with Crippen LogP contribution < -0.4 is 4.74 Å². The molecule has 4 rings (SSSR count). The molecule has 6 heteroatoms. The van der Waals surface area contributed by atoms with Crippen molar-refractivity contribution >= 4 is 23.7 Å². The van der Waals surface area contributed by atoms with Gasteiger partial charge < -0.3 is 14.9 Å². The van der Waals surface area contributed by atoms with Crippen LogP contribution >= 0.6 is 0 Å². The molecule has 0 bridgehead atoms. The third-order valence-electron chi connectivity index (χ3n) is 7.06. The van der Waals surface area contributed by atoms with Crippen LogP contribution in [0.3, 0.4) is 0 Å². The van der Waals surface area contributed by atoms with Crippen LogP contribution in [0, 0.1) is 12.5 Å². The van der Waals surface area contributed by atoms with Gasteiger partial charge in [-0.2, -0.15) is 0 Å². The molecule has 4 aromatic rings. The molecule has 0 amide bonds. The number of nitrogens with zero attached hydrogens (tertiary/aromatic N) is 1. The van der Waals surface area contributed by atoms with E-state index >= 15 is 0 Å². The van der Waals surface area contributed by atoms with E-state index in [1.165, 1.54) is 0 Å². The summed E-state index contributed by atoms with van der Waals surface area (Å²) in [5, 5.41) is 18.2. The number of carbonyl (C=O) groups is 2. The summed E-state index contributed by atoms with van der Waals surface area (Å²) in [5.74, 6) is -0.823. The van der Waals surface area contributed by atoms with Crippen molar-refractivity contribution in [1.82, 2.24) is 0 Å². The number of aromatic carboxylic acids is 1. The van der Waals surface area contributed by atoms with Gasteiger partial charge in [-0.1, -0.05) is 97.4 Å². The van der Waals surface area contributed by atoms with Crippen molar-refractivity contribution < 1.29 is 24.5 Å². The standard InChI is InChI=1S/C36H33NO5/c1-37-33-22-20-30(21-23-33)29-15-13-28(14-16-29)25-42-34-8-4-3-7-31(34)17-10-26(6-2-5-9-35(38)39)24-27-11-18-32(19-12-27)36(40)41/h3-4,7-8,10-23,26H,2,5-6,9,24-25H2,(H,38,39)(H,40,41)/b17-10+. The molecular weight excluding hydrogens is 526 g/mol. The molecule has 2 N–H and O–H groups in total. The van der Waals surface area contributed by atoms with Crippen molar-refractivity contribution in [2.45, 2.75) is 38.7 Å². The second-order valence-electron chi connectivity index (χ2n) is 10.1. The van der Waals surface area contributed by atoms with E-state index in [1.54, 1.807) is 12.1 Å². The third-order valence-corrected chi connectivity index (χ3v) is 7.06. The summed E-state index contributed by atoms with van der Waals surface area (Å²) in [7, 11) is 0. The predicted molar refractivity (Wildman–Crippen MR) is 165 cm³/mol. The molecule has 1 atom stereocenters. The molecule has 42 heavy (non-hydrogen) atoms. The first-order valence-electron chi connectivity index (χ1n) is 13.9. The molecule has 0 saturated heterocycles. The molecule has 4 aromatic carbocycles. The second-order valence-corrected chi connectivity index (χ2v) is 10.1. The Hall–Kier alpha value is -5.15. The van der Waals surface area contributed by atoms with Crippen molar-refractivity contribution in [1.29, 1.82) is 0 Å². The van der Waals surface area contributed by atoms with Crippen LogP contribution in [0.25, 0.3) is 22.0 Å². The monoisotopic (exact) mass is 559 g/mol. The molecular formula is C36H33NO5. The van der Waals surface area contributed by atoms with Gasteiger partial charge in [0, 0.05) is 12.0 Å². The SMILES string of the molecule is [C-]#[N+]c1ccc(-c2ccc(COc3ccccc3/C=C/C(CCCCC(=O)O)Cc3ccc(C(=O)O)cc3)cc2)cc1. The van der Waals surface area contributed by atoms with Crippen LogP contribution in [0.2, 0.25) is 0 Å². The van der Waals surface area contributed by atoms with Crippen LogP contribution in [0.4, 0.5) is 5.69 Å². The van der Waals surface area contributed by atoms with E-state index < -0.39 is 11.9 Å². The first-order valence-corrected chi connectivity index (χ1v) is 13.9. The number of hydrogen-bond donors (Lipinski definition) is 2. The minimum Gasteiger partial charge on any atom is -0.488 e. The highest BCUT2D eigenvalue weighted by Gasteiger charge is 2.10. The quantitative estimate of drug-likeness (QED) is 0.119. The average molecular weight is 560 g/mol. The van der Waals surface area contributed by atoms with E-state index in [4.69, 9.17) is 16.4 Å². The van der Waals surface area contributed by atoms with Crippen molar-refractivity contribution in [2.24, 2.45) is 5.92 Å². The van der Waals surface area contributed by atoms with E-state index in [-0.39, 0.29) is 17.9 Å². The number of para-hydroxylation sites is 1. The van der Waals surface area contributed by atoms with E-state index in [2.05, 4.69) is 29.1 Å². The number of carboxylic acids is 2. The topological polar surface area (TPSA) is 88.2 Å². The number of ether oxygens (including phenoxy) is 1. The number of aliphatic carboxylic acids is 1. The predicted octanol–water partition coefficient (Wildman–Crippen LogP) is 8.70. The Kier molecular flexibility index (Phi) is 10.7. The van der Waals surface area contributed by atoms with Crippen molar-refractivity contribution in [3.63, 3.8) is 0 Å². The minimum absolute atomic E-state index is 0.149. The number of benzene rings is 4. The highest BCUT2D eigenvalue weighted by molar-refractivity contribution is 5.87. The second kappa shape index (κ2) is 15.0. The lowest BCUT2D eigenvalue weighted by Gasteiger charge is -2.14. The Bertz CT molecular complexity index is 1550. The van der Waals surface area contributed by atoms with Gasteiger partial charge in [0.2, 0.25) is 0 Å². The first-order chi connectivity index (χ1) is 20.4. The van der Waals surface area contributed by atoms with Crippen molar-refractivity contribution in [3.8, 4) is 16.9 Å². The highest BCUT2D eigenvalue weighted by Crippen LogP contribution is 2.26. The summed E-state index contributed by atoms with van der Waals surface area (Å²) in [6.07, 6.45) is 7.28. The molecule has 0 aromatic heterocycles. The number of allylic oxidation sites excluding steroid dienone is 1. The van der Waals surface area contributed by atoms with Crippen LogP contribution in [0.15, 0.2) is 103 Å². The van der Waals surface area contributed by atoms with Gasteiger partial charge in [-0.05, 0) is 65.6 Å². The normalized spacial score (nSPS) is 11.6. The fourth-order valence-corrected chi connectivity index (χ4v) is 4.71. The van der Waals surface area contributed by atoms with Gasteiger partial charge in [0.25, 0.3) is 0 Å². The van der Waals surface area contributed by atoms with Gasteiger partial charge in [-0.3, -0.25) is 4.79 Å². The van der Waals surface area contributed by atoms with Crippen LogP contribution in [-0.2, 0) is 17.8 Å². The Morgan fingerprint density at radius 1 is 0.810 bits per heavy atom. The summed E-state index contributed by atoms with van der Waals surface area (Å²) < 4.78 is 6.20. The molecule has 1 unspecified atom stereocenters. The van der Waals surface area contributed by atoms with E-state index in [1.807, 2.05) is 72.8 Å². The molecule has 0 heterocycles. The Labute approximate surface area is 246 Å². The number of rotatable bonds is 14. The number of carboxylic acid groups (broad SMARTS) is 2. The van der Waals surface area contributed by atoms with Crippen molar-refractivity contribution in [2.75, 3.05) is 0 Å². The number of unbranched alkanes of at least 4 members (excludes halogenated alkanes) is 1. The lowest BCUT2D eigenvalue weighted by molar-refractivity contribution is -0.137. The fourth-order valence-electron chi connectivity index (χ4n) is 4.71. The lowest BCUT2D eigenvalue weighted by atomic mass is 9.92. The summed E-state index contributed by atoms with van der Waals surface area (Å²) in [5.41, 5.74) is 6.02. The van der Waals surface area contributed by atoms with Gasteiger partial charge in [0.15, 0.2) is 5.69 Å². The zero-order valence-corrected chi connectivity index (χ0v) is 23.3. The molecule has 212 valence electrons. The van der Waals surface area contributed by atoms with Gasteiger partial charge in [-0.25, -0.2) is 9.64 Å². The Morgan fingerprint density at radius 2 is 1.45 bits per heavy atom. The minimum atomic E-state index is -0.952. The van der Waals surface area contributed by atoms with Crippen LogP contribution in [0.5, 0.6) is 5.75 Å². The maximum atomic E-state index is 11.2. The van der Waals surface area contributed by atoms with E-state index in [0.29, 0.717) is 18.7 Å². The molecule has 6 nitrogen and oxygen atoms in total. The largest absolute Gasteiger partial charge is 0.488 e. The van der Waals surface area contributed by atoms with Gasteiger partial charge in [-0.15, -0.1) is 0 Å². The zero-order valence-electron chi connectivity index (χ0n) is 23.3. The molecule has 0 spiro atoms. The third kappa shape index (κ3) is 8.94. The summed E-state index contributed by atoms with van der Waals surface area (Å²) in [6, 6.07) is 30.5. The lowest BCUT2D eigenvalue weighted by Crippen LogP contribution is -2.04. The summed E-state index contributed by atoms with van der Waals surface area (Å²) in [4.78, 5) is 25.6. The van der Waals surface area contributed by atoms with Crippen LogP contribution in [-0.4, -0.2) is 22.2 Å². The maximum Gasteiger partial charge on any atom is 0.335 e. The summed E-state index contributed by atoms with van der Waals surface area (Å²) in [6.45, 7) is 7.52. The van der Waals surface area contributed by atoms with E-state index in [9.17, 15) is 14.7 Å². The highest BCUT2D eigenvalue weighted by atomic mass is 16.5. The Balaban J connectivity index is 1.42. The smallest absolute Gasteiger partial charge is 0.335 e. The summed E-state index contributed by atoms with van der Waals surface area (Å²) >= 11 is 0. The molecule has 0 aliphatic rings. The first kappa shape index (κ1) is 29.8. The fraction of sp³-hybridized carbons (Fsp3) is 0.194. The molecule has 0 aliphatic carbocycles. The van der Waals surface area contributed by atoms with Crippen molar-refractivity contribution in [3.05, 3.63) is 137 Å². The number of hydrogen-bond acceptors (Lipinski definition) is 3. The molecule has 0 saturated carbocycles. The van der Waals surface area contributed by atoms with Gasteiger partial charge >= 0.3 is 11.9 Å². The van der Waals surface area contributed by atoms with E-state index in [0.717, 1.165) is 52.8 Å². The maximum absolute atomic E-state index is 11.2. The van der Waals surface area contributed by atoms with Gasteiger partial charge in [0.1, 0.15) is 12.4 Å². The molecule has 0 aliphatic heterocycles. The Morgan fingerprint density at radius 3 is 2.10 bits per heavy atom. The average Bonchev–Trinajstić information content (AvgIpc) is 3.01. The zero-order chi connectivity index (χ0) is 29.7. The van der Waals surface area contributed by atoms with Gasteiger partial charge in [0.05, 0.1) is 12.1 Å².